The van der Waals surface area contributed by atoms with Crippen LogP contribution in [0.1, 0.15) is 24.6 Å². The lowest BCUT2D eigenvalue weighted by atomic mass is 9.96. The van der Waals surface area contributed by atoms with Gasteiger partial charge in [0.1, 0.15) is 5.75 Å². The van der Waals surface area contributed by atoms with Gasteiger partial charge >= 0.3 is 0 Å². The number of ether oxygens (including phenoxy) is 1. The van der Waals surface area contributed by atoms with Gasteiger partial charge in [-0.25, -0.2) is 4.98 Å². The number of aryl methyl sites for hydroxylation is 1. The van der Waals surface area contributed by atoms with Crippen molar-refractivity contribution in [3.8, 4) is 17.0 Å². The highest BCUT2D eigenvalue weighted by Gasteiger charge is 2.29. The number of piperidine rings is 1. The molecule has 0 aliphatic carbocycles. The highest BCUT2D eigenvalue weighted by molar-refractivity contribution is 7.16. The van der Waals surface area contributed by atoms with E-state index in [9.17, 15) is 9.59 Å². The molecular weight excluding hydrogens is 350 g/mol. The second-order valence-corrected chi connectivity index (χ2v) is 7.58. The monoisotopic (exact) mass is 373 g/mol. The molecule has 1 aromatic heterocycles. The number of amides is 2. The van der Waals surface area contributed by atoms with Gasteiger partial charge in [0.2, 0.25) is 11.8 Å². The van der Waals surface area contributed by atoms with Crippen molar-refractivity contribution in [1.82, 2.24) is 9.88 Å². The first-order chi connectivity index (χ1) is 12.5. The Bertz CT molecular complexity index is 801. The van der Waals surface area contributed by atoms with E-state index in [0.29, 0.717) is 24.7 Å². The lowest BCUT2D eigenvalue weighted by molar-refractivity contribution is -0.137. The number of aromatic nitrogens is 1. The van der Waals surface area contributed by atoms with Gasteiger partial charge in [0.15, 0.2) is 5.13 Å². The highest BCUT2D eigenvalue weighted by atomic mass is 32.1. The Morgan fingerprint density at radius 1 is 1.38 bits per heavy atom. The highest BCUT2D eigenvalue weighted by Crippen LogP contribution is 2.32. The average Bonchev–Trinajstić information content (AvgIpc) is 2.98. The number of rotatable bonds is 5. The van der Waals surface area contributed by atoms with Crippen LogP contribution < -0.4 is 10.1 Å². The summed E-state index contributed by atoms with van der Waals surface area (Å²) < 4.78 is 5.46. The van der Waals surface area contributed by atoms with E-state index in [2.05, 4.69) is 10.3 Å². The molecule has 1 saturated heterocycles. The Kier molecular flexibility index (Phi) is 5.56. The first-order valence-corrected chi connectivity index (χ1v) is 9.55. The SMILES string of the molecule is CCOc1ccc(-c2nc(NC(=O)C3CCN(C)C(=O)C3)sc2C)cc1. The molecule has 1 aliphatic heterocycles. The van der Waals surface area contributed by atoms with Crippen molar-refractivity contribution in [3.63, 3.8) is 0 Å². The Balaban J connectivity index is 1.70. The number of likely N-dealkylation sites (tertiary alicyclic amines) is 1. The first-order valence-electron chi connectivity index (χ1n) is 8.73. The average molecular weight is 373 g/mol. The summed E-state index contributed by atoms with van der Waals surface area (Å²) in [5.74, 6) is 0.432. The minimum Gasteiger partial charge on any atom is -0.494 e. The number of thiazole rings is 1. The molecule has 0 spiro atoms. The van der Waals surface area contributed by atoms with Crippen molar-refractivity contribution in [2.75, 3.05) is 25.5 Å². The molecule has 1 unspecified atom stereocenters. The third-order valence-corrected chi connectivity index (χ3v) is 5.38. The molecule has 6 nitrogen and oxygen atoms in total. The summed E-state index contributed by atoms with van der Waals surface area (Å²) in [6.07, 6.45) is 0.947. The number of carbonyl (C=O) groups is 2. The van der Waals surface area contributed by atoms with Crippen LogP contribution in [0, 0.1) is 12.8 Å². The van der Waals surface area contributed by atoms with Crippen LogP contribution in [0.4, 0.5) is 5.13 Å². The molecule has 1 fully saturated rings. The topological polar surface area (TPSA) is 71.5 Å². The fraction of sp³-hybridized carbons (Fsp3) is 0.421. The zero-order valence-corrected chi connectivity index (χ0v) is 16.1. The minimum atomic E-state index is -0.281. The largest absolute Gasteiger partial charge is 0.494 e. The maximum absolute atomic E-state index is 12.5. The number of nitrogens with zero attached hydrogens (tertiary/aromatic N) is 2. The molecular formula is C19H23N3O3S. The third-order valence-electron chi connectivity index (χ3n) is 4.50. The normalized spacial score (nSPS) is 17.3. The number of hydrogen-bond acceptors (Lipinski definition) is 5. The van der Waals surface area contributed by atoms with Crippen molar-refractivity contribution < 1.29 is 14.3 Å². The summed E-state index contributed by atoms with van der Waals surface area (Å²) in [5.41, 5.74) is 1.84. The molecule has 26 heavy (non-hydrogen) atoms. The fourth-order valence-corrected chi connectivity index (χ4v) is 3.81. The second kappa shape index (κ2) is 7.86. The Morgan fingerprint density at radius 3 is 2.77 bits per heavy atom. The van der Waals surface area contributed by atoms with Crippen molar-refractivity contribution in [1.29, 1.82) is 0 Å². The molecule has 138 valence electrons. The maximum Gasteiger partial charge on any atom is 0.229 e. The van der Waals surface area contributed by atoms with Crippen LogP contribution in [0.15, 0.2) is 24.3 Å². The van der Waals surface area contributed by atoms with E-state index in [4.69, 9.17) is 4.74 Å². The van der Waals surface area contributed by atoms with Gasteiger partial charge in [-0.3, -0.25) is 9.59 Å². The van der Waals surface area contributed by atoms with Gasteiger partial charge in [-0.1, -0.05) is 0 Å². The molecule has 1 N–H and O–H groups in total. The molecule has 3 rings (SSSR count). The van der Waals surface area contributed by atoms with Crippen LogP contribution in [0.2, 0.25) is 0 Å². The van der Waals surface area contributed by atoms with E-state index < -0.39 is 0 Å². The van der Waals surface area contributed by atoms with Gasteiger partial charge in [-0.05, 0) is 44.5 Å². The zero-order chi connectivity index (χ0) is 18.7. The van der Waals surface area contributed by atoms with Crippen molar-refractivity contribution >= 4 is 28.3 Å². The van der Waals surface area contributed by atoms with E-state index in [1.54, 1.807) is 11.9 Å². The summed E-state index contributed by atoms with van der Waals surface area (Å²) in [4.78, 5) is 31.5. The molecule has 1 atom stereocenters. The quantitative estimate of drug-likeness (QED) is 0.873. The molecule has 1 aliphatic rings. The number of nitrogens with one attached hydrogen (secondary N) is 1. The molecule has 0 radical (unpaired) electrons. The predicted octanol–water partition coefficient (Wildman–Crippen LogP) is 3.32. The van der Waals surface area contributed by atoms with E-state index in [1.165, 1.54) is 11.3 Å². The number of hydrogen-bond donors (Lipinski definition) is 1. The molecule has 2 heterocycles. The Hall–Kier alpha value is -2.41. The van der Waals surface area contributed by atoms with Gasteiger partial charge in [-0.2, -0.15) is 0 Å². The lowest BCUT2D eigenvalue weighted by Gasteiger charge is -2.27. The summed E-state index contributed by atoms with van der Waals surface area (Å²) in [6.45, 7) is 5.18. The predicted molar refractivity (Wildman–Crippen MR) is 102 cm³/mol. The third kappa shape index (κ3) is 4.04. The summed E-state index contributed by atoms with van der Waals surface area (Å²) in [5, 5.41) is 3.45. The molecule has 0 saturated carbocycles. The number of anilines is 1. The first kappa shape index (κ1) is 18.4. The standard InChI is InChI=1S/C19H23N3O3S/c1-4-25-15-7-5-13(6-8-15)17-12(2)26-19(20-17)21-18(24)14-9-10-22(3)16(23)11-14/h5-8,14H,4,9-11H2,1-3H3,(H,20,21,24). The van der Waals surface area contributed by atoms with Gasteiger partial charge in [0.05, 0.1) is 12.3 Å². The molecule has 2 amide bonds. The molecule has 1 aromatic carbocycles. The van der Waals surface area contributed by atoms with Crippen molar-refractivity contribution in [2.24, 2.45) is 5.92 Å². The van der Waals surface area contributed by atoms with Crippen molar-refractivity contribution in [2.45, 2.75) is 26.7 Å². The van der Waals surface area contributed by atoms with Crippen LogP contribution in [0.3, 0.4) is 0 Å². The maximum atomic E-state index is 12.5. The van der Waals surface area contributed by atoms with E-state index in [0.717, 1.165) is 21.9 Å². The van der Waals surface area contributed by atoms with E-state index in [-0.39, 0.29) is 24.2 Å². The number of carbonyl (C=O) groups excluding carboxylic acids is 2. The summed E-state index contributed by atoms with van der Waals surface area (Å²) in [6, 6.07) is 7.77. The van der Waals surface area contributed by atoms with Crippen LogP contribution in [-0.2, 0) is 9.59 Å². The van der Waals surface area contributed by atoms with Gasteiger partial charge in [0, 0.05) is 36.4 Å². The molecule has 2 aromatic rings. The van der Waals surface area contributed by atoms with E-state index in [1.807, 2.05) is 38.1 Å². The van der Waals surface area contributed by atoms with Gasteiger partial charge in [0.25, 0.3) is 0 Å². The van der Waals surface area contributed by atoms with E-state index >= 15 is 0 Å². The lowest BCUT2D eigenvalue weighted by Crippen LogP contribution is -2.39. The second-order valence-electron chi connectivity index (χ2n) is 6.38. The van der Waals surface area contributed by atoms with Crippen LogP contribution >= 0.6 is 11.3 Å². The Labute approximate surface area is 157 Å². The smallest absolute Gasteiger partial charge is 0.229 e. The van der Waals surface area contributed by atoms with Crippen LogP contribution in [-0.4, -0.2) is 41.9 Å². The minimum absolute atomic E-state index is 0.0156. The van der Waals surface area contributed by atoms with Crippen LogP contribution in [0.25, 0.3) is 11.3 Å². The summed E-state index contributed by atoms with van der Waals surface area (Å²) in [7, 11) is 1.77. The van der Waals surface area contributed by atoms with Crippen molar-refractivity contribution in [3.05, 3.63) is 29.1 Å². The summed E-state index contributed by atoms with van der Waals surface area (Å²) >= 11 is 1.45. The van der Waals surface area contributed by atoms with Gasteiger partial charge < -0.3 is 15.0 Å². The molecule has 7 heteroatoms. The zero-order valence-electron chi connectivity index (χ0n) is 15.2. The number of benzene rings is 1. The molecule has 0 bridgehead atoms. The Morgan fingerprint density at radius 2 is 2.12 bits per heavy atom. The fourth-order valence-electron chi connectivity index (χ4n) is 2.97. The van der Waals surface area contributed by atoms with Gasteiger partial charge in [-0.15, -0.1) is 11.3 Å². The van der Waals surface area contributed by atoms with Crippen LogP contribution in [0.5, 0.6) is 5.75 Å².